The molecule has 1 heterocycles. The first-order chi connectivity index (χ1) is 6.43. The van der Waals surface area contributed by atoms with Crippen molar-refractivity contribution in [2.75, 3.05) is 5.73 Å². The van der Waals surface area contributed by atoms with E-state index in [1.54, 1.807) is 0 Å². The highest BCUT2D eigenvalue weighted by molar-refractivity contribution is 9.10. The summed E-state index contributed by atoms with van der Waals surface area (Å²) in [6.07, 6.45) is -2.78. The van der Waals surface area contributed by atoms with Gasteiger partial charge in [0.2, 0.25) is 0 Å². The molecule has 0 atom stereocenters. The van der Waals surface area contributed by atoms with Gasteiger partial charge in [0.25, 0.3) is 12.3 Å². The first-order valence-electron chi connectivity index (χ1n) is 3.47. The number of aromatic nitrogens is 1. The highest BCUT2D eigenvalue weighted by Crippen LogP contribution is 2.27. The summed E-state index contributed by atoms with van der Waals surface area (Å²) in [6, 6.07) is 0.930. The van der Waals surface area contributed by atoms with E-state index in [0.717, 1.165) is 6.07 Å². The Balaban J connectivity index is 3.34. The third-order valence-corrected chi connectivity index (χ3v) is 2.14. The molecule has 1 aromatic rings. The first-order valence-corrected chi connectivity index (χ1v) is 4.26. The van der Waals surface area contributed by atoms with Gasteiger partial charge < -0.3 is 11.5 Å². The van der Waals surface area contributed by atoms with E-state index >= 15 is 0 Å². The normalized spacial score (nSPS) is 10.6. The van der Waals surface area contributed by atoms with E-state index in [2.05, 4.69) is 20.9 Å². The number of carbonyl (C=O) groups excluding carboxylic acids is 1. The maximum atomic E-state index is 12.3. The Morgan fingerprint density at radius 2 is 2.14 bits per heavy atom. The Kier molecular flexibility index (Phi) is 3.00. The van der Waals surface area contributed by atoms with E-state index < -0.39 is 17.9 Å². The van der Waals surface area contributed by atoms with Crippen molar-refractivity contribution in [1.29, 1.82) is 0 Å². The zero-order valence-electron chi connectivity index (χ0n) is 6.80. The zero-order chi connectivity index (χ0) is 10.9. The molecule has 76 valence electrons. The molecular formula is C7H6BrF2N3O. The standard InChI is InChI=1S/C7H6BrF2N3O/c8-4-2(7(12)14)1-3(5(9)10)6(11)13-4/h1,5H,(H2,11,13)(H2,12,14). The lowest BCUT2D eigenvalue weighted by molar-refractivity contribution is 0.0998. The molecule has 1 rings (SSSR count). The second-order valence-electron chi connectivity index (χ2n) is 2.47. The van der Waals surface area contributed by atoms with Crippen molar-refractivity contribution in [2.45, 2.75) is 6.43 Å². The number of hydrogen-bond acceptors (Lipinski definition) is 3. The van der Waals surface area contributed by atoms with Crippen LogP contribution in [0.1, 0.15) is 22.3 Å². The second kappa shape index (κ2) is 3.87. The van der Waals surface area contributed by atoms with Gasteiger partial charge in [-0.15, -0.1) is 0 Å². The number of carbonyl (C=O) groups is 1. The molecule has 4 nitrogen and oxygen atoms in total. The number of alkyl halides is 2. The summed E-state index contributed by atoms with van der Waals surface area (Å²) in [7, 11) is 0. The van der Waals surface area contributed by atoms with Gasteiger partial charge in [-0.3, -0.25) is 4.79 Å². The van der Waals surface area contributed by atoms with Crippen molar-refractivity contribution in [3.8, 4) is 0 Å². The Labute approximate surface area is 86.4 Å². The van der Waals surface area contributed by atoms with Crippen LogP contribution in [-0.4, -0.2) is 10.9 Å². The molecule has 0 aromatic carbocycles. The third kappa shape index (κ3) is 1.98. The van der Waals surface area contributed by atoms with E-state index in [1.165, 1.54) is 0 Å². The molecule has 14 heavy (non-hydrogen) atoms. The molecular weight excluding hydrogens is 260 g/mol. The molecule has 0 fully saturated rings. The summed E-state index contributed by atoms with van der Waals surface area (Å²) in [5, 5.41) is 0. The fraction of sp³-hybridized carbons (Fsp3) is 0.143. The molecule has 1 aromatic heterocycles. The maximum absolute atomic E-state index is 12.3. The van der Waals surface area contributed by atoms with Crippen LogP contribution in [0.4, 0.5) is 14.6 Å². The van der Waals surface area contributed by atoms with Crippen molar-refractivity contribution in [2.24, 2.45) is 5.73 Å². The van der Waals surface area contributed by atoms with Gasteiger partial charge in [0.15, 0.2) is 0 Å². The van der Waals surface area contributed by atoms with Crippen LogP contribution in [0, 0.1) is 0 Å². The largest absolute Gasteiger partial charge is 0.383 e. The smallest absolute Gasteiger partial charge is 0.267 e. The van der Waals surface area contributed by atoms with Gasteiger partial charge in [-0.25, -0.2) is 13.8 Å². The number of amides is 1. The molecule has 0 aliphatic heterocycles. The number of halogens is 3. The van der Waals surface area contributed by atoms with Crippen molar-refractivity contribution >= 4 is 27.7 Å². The van der Waals surface area contributed by atoms with Crippen LogP contribution in [0.25, 0.3) is 0 Å². The van der Waals surface area contributed by atoms with Crippen molar-refractivity contribution < 1.29 is 13.6 Å². The van der Waals surface area contributed by atoms with Crippen LogP contribution in [-0.2, 0) is 0 Å². The first kappa shape index (κ1) is 10.8. The Bertz CT molecular complexity index is 383. The quantitative estimate of drug-likeness (QED) is 0.795. The van der Waals surface area contributed by atoms with E-state index in [0.29, 0.717) is 0 Å². The van der Waals surface area contributed by atoms with Gasteiger partial charge in [-0.05, 0) is 22.0 Å². The number of pyridine rings is 1. The maximum Gasteiger partial charge on any atom is 0.267 e. The average molecular weight is 266 g/mol. The van der Waals surface area contributed by atoms with E-state index in [-0.39, 0.29) is 16.0 Å². The van der Waals surface area contributed by atoms with Crippen LogP contribution < -0.4 is 11.5 Å². The number of nitrogens with zero attached hydrogens (tertiary/aromatic N) is 1. The van der Waals surface area contributed by atoms with Crippen LogP contribution in [0.3, 0.4) is 0 Å². The van der Waals surface area contributed by atoms with Crippen LogP contribution in [0.2, 0.25) is 0 Å². The molecule has 0 aliphatic carbocycles. The lowest BCUT2D eigenvalue weighted by Crippen LogP contribution is -2.14. The second-order valence-corrected chi connectivity index (χ2v) is 3.22. The van der Waals surface area contributed by atoms with Crippen molar-refractivity contribution in [3.05, 3.63) is 21.8 Å². The van der Waals surface area contributed by atoms with Gasteiger partial charge in [-0.1, -0.05) is 0 Å². The minimum absolute atomic E-state index is 0.0619. The van der Waals surface area contributed by atoms with E-state index in [4.69, 9.17) is 11.5 Å². The minimum atomic E-state index is -2.78. The summed E-state index contributed by atoms with van der Waals surface area (Å²) >= 11 is 2.89. The molecule has 0 aliphatic rings. The van der Waals surface area contributed by atoms with Gasteiger partial charge >= 0.3 is 0 Å². The fourth-order valence-corrected chi connectivity index (χ4v) is 1.37. The molecule has 0 radical (unpaired) electrons. The lowest BCUT2D eigenvalue weighted by atomic mass is 10.2. The van der Waals surface area contributed by atoms with Gasteiger partial charge in [0, 0.05) is 0 Å². The molecule has 0 spiro atoms. The van der Waals surface area contributed by atoms with Crippen LogP contribution >= 0.6 is 15.9 Å². The zero-order valence-corrected chi connectivity index (χ0v) is 8.38. The fourth-order valence-electron chi connectivity index (χ4n) is 0.867. The molecule has 0 bridgehead atoms. The van der Waals surface area contributed by atoms with Crippen molar-refractivity contribution in [3.63, 3.8) is 0 Å². The molecule has 7 heteroatoms. The minimum Gasteiger partial charge on any atom is -0.383 e. The van der Waals surface area contributed by atoms with E-state index in [9.17, 15) is 13.6 Å². The van der Waals surface area contributed by atoms with Gasteiger partial charge in [0.1, 0.15) is 10.4 Å². The Morgan fingerprint density at radius 1 is 1.57 bits per heavy atom. The summed E-state index contributed by atoms with van der Waals surface area (Å²) in [5.74, 6) is -1.16. The predicted molar refractivity (Wildman–Crippen MR) is 49.8 cm³/mol. The van der Waals surface area contributed by atoms with E-state index in [1.807, 2.05) is 0 Å². The topological polar surface area (TPSA) is 82.0 Å². The molecule has 1 amide bonds. The Hall–Kier alpha value is -1.24. The number of nitrogen functional groups attached to an aromatic ring is 1. The SMILES string of the molecule is NC(=O)c1cc(C(F)F)c(N)nc1Br. The third-order valence-electron chi connectivity index (χ3n) is 1.54. The van der Waals surface area contributed by atoms with Crippen molar-refractivity contribution in [1.82, 2.24) is 4.98 Å². The number of hydrogen-bond donors (Lipinski definition) is 2. The Morgan fingerprint density at radius 3 is 2.57 bits per heavy atom. The highest BCUT2D eigenvalue weighted by atomic mass is 79.9. The number of nitrogens with two attached hydrogens (primary N) is 2. The summed E-state index contributed by atoms with van der Waals surface area (Å²) < 4.78 is 24.7. The average Bonchev–Trinajstić information content (AvgIpc) is 2.02. The van der Waals surface area contributed by atoms with Crippen LogP contribution in [0.5, 0.6) is 0 Å². The summed E-state index contributed by atoms with van der Waals surface area (Å²) in [4.78, 5) is 14.3. The highest BCUT2D eigenvalue weighted by Gasteiger charge is 2.17. The summed E-state index contributed by atoms with van der Waals surface area (Å²) in [6.45, 7) is 0. The molecule has 0 unspecified atom stereocenters. The monoisotopic (exact) mass is 265 g/mol. The molecule has 0 saturated carbocycles. The number of anilines is 1. The lowest BCUT2D eigenvalue weighted by Gasteiger charge is -2.06. The van der Waals surface area contributed by atoms with Gasteiger partial charge in [-0.2, -0.15) is 0 Å². The number of primary amides is 1. The molecule has 0 saturated heterocycles. The molecule has 4 N–H and O–H groups in total. The predicted octanol–water partition coefficient (Wildman–Crippen LogP) is 1.46. The van der Waals surface area contributed by atoms with Gasteiger partial charge in [0.05, 0.1) is 11.1 Å². The van der Waals surface area contributed by atoms with Crippen LogP contribution in [0.15, 0.2) is 10.7 Å². The summed E-state index contributed by atoms with van der Waals surface area (Å²) in [5.41, 5.74) is 9.54. The number of rotatable bonds is 2.